The molecule has 0 saturated carbocycles. The summed E-state index contributed by atoms with van der Waals surface area (Å²) in [5, 5.41) is 7.56. The summed E-state index contributed by atoms with van der Waals surface area (Å²) < 4.78 is 5.73. The maximum atomic E-state index is 12.2. The molecule has 0 fully saturated rings. The highest BCUT2D eigenvalue weighted by atomic mass is 16.5. The molecule has 0 bridgehead atoms. The lowest BCUT2D eigenvalue weighted by atomic mass is 10.2. The number of rotatable bonds is 5. The van der Waals surface area contributed by atoms with Gasteiger partial charge in [-0.05, 0) is 37.3 Å². The van der Waals surface area contributed by atoms with Crippen LogP contribution in [0.5, 0.6) is 11.5 Å². The molecular weight excluding hydrogens is 384 g/mol. The van der Waals surface area contributed by atoms with E-state index in [9.17, 15) is 14.4 Å². The summed E-state index contributed by atoms with van der Waals surface area (Å²) in [5.41, 5.74) is 2.18. The molecule has 0 radical (unpaired) electrons. The normalized spacial score (nSPS) is 10.1. The van der Waals surface area contributed by atoms with Crippen LogP contribution in [0.4, 0.5) is 11.4 Å². The third kappa shape index (κ3) is 5.41. The van der Waals surface area contributed by atoms with Crippen molar-refractivity contribution in [3.63, 3.8) is 0 Å². The molecule has 1 heterocycles. The van der Waals surface area contributed by atoms with E-state index in [0.717, 1.165) is 5.56 Å². The Hall–Kier alpha value is -4.20. The van der Waals surface area contributed by atoms with Gasteiger partial charge in [0, 0.05) is 36.8 Å². The highest BCUT2D eigenvalue weighted by Gasteiger charge is 2.14. The van der Waals surface area contributed by atoms with Crippen molar-refractivity contribution in [2.24, 2.45) is 0 Å². The zero-order valence-corrected chi connectivity index (χ0v) is 16.4. The van der Waals surface area contributed by atoms with Crippen LogP contribution in [-0.4, -0.2) is 29.8 Å². The number of benzene rings is 2. The number of ether oxygens (including phenoxy) is 1. The largest absolute Gasteiger partial charge is 0.457 e. The van der Waals surface area contributed by atoms with Gasteiger partial charge in [0.1, 0.15) is 17.2 Å². The van der Waals surface area contributed by atoms with Crippen molar-refractivity contribution < 1.29 is 19.1 Å². The molecule has 0 saturated heterocycles. The zero-order valence-electron chi connectivity index (χ0n) is 16.4. The van der Waals surface area contributed by atoms with Gasteiger partial charge in [-0.15, -0.1) is 0 Å². The number of aromatic nitrogens is 1. The minimum absolute atomic E-state index is 0.215. The van der Waals surface area contributed by atoms with E-state index in [-0.39, 0.29) is 11.6 Å². The van der Waals surface area contributed by atoms with E-state index >= 15 is 0 Å². The molecule has 0 spiro atoms. The lowest BCUT2D eigenvalue weighted by Crippen LogP contribution is -2.29. The first-order valence-electron chi connectivity index (χ1n) is 9.09. The molecule has 8 nitrogen and oxygen atoms in total. The molecule has 1 aromatic heterocycles. The number of hydrogen-bond acceptors (Lipinski definition) is 5. The summed E-state index contributed by atoms with van der Waals surface area (Å²) in [4.78, 5) is 40.0. The monoisotopic (exact) mass is 404 g/mol. The molecule has 3 rings (SSSR count). The quantitative estimate of drug-likeness (QED) is 0.566. The molecule has 3 amide bonds. The first kappa shape index (κ1) is 20.5. The van der Waals surface area contributed by atoms with Gasteiger partial charge in [0.2, 0.25) is 0 Å². The second kappa shape index (κ2) is 9.33. The maximum Gasteiger partial charge on any atom is 0.314 e. The number of carbonyl (C=O) groups excluding carboxylic acids is 3. The van der Waals surface area contributed by atoms with Gasteiger partial charge in [-0.2, -0.15) is 0 Å². The van der Waals surface area contributed by atoms with Crippen molar-refractivity contribution in [1.82, 2.24) is 10.3 Å². The predicted octanol–water partition coefficient (Wildman–Crippen LogP) is 3.12. The van der Waals surface area contributed by atoms with E-state index in [2.05, 4.69) is 20.9 Å². The first-order chi connectivity index (χ1) is 14.4. The molecule has 3 N–H and O–H groups in total. The van der Waals surface area contributed by atoms with Gasteiger partial charge in [-0.25, -0.2) is 0 Å². The number of aryl methyl sites for hydroxylation is 1. The summed E-state index contributed by atoms with van der Waals surface area (Å²) in [7, 11) is 1.51. The van der Waals surface area contributed by atoms with Gasteiger partial charge < -0.3 is 20.7 Å². The van der Waals surface area contributed by atoms with E-state index in [1.807, 2.05) is 19.1 Å². The predicted molar refractivity (Wildman–Crippen MR) is 113 cm³/mol. The maximum absolute atomic E-state index is 12.2. The number of carbonyl (C=O) groups is 3. The minimum Gasteiger partial charge on any atom is -0.457 e. The average molecular weight is 404 g/mol. The van der Waals surface area contributed by atoms with Crippen LogP contribution in [0.15, 0.2) is 66.9 Å². The summed E-state index contributed by atoms with van der Waals surface area (Å²) in [6, 6.07) is 16.8. The van der Waals surface area contributed by atoms with Crippen molar-refractivity contribution >= 4 is 29.1 Å². The molecule has 30 heavy (non-hydrogen) atoms. The van der Waals surface area contributed by atoms with Crippen molar-refractivity contribution in [3.05, 3.63) is 78.1 Å². The molecule has 0 atom stereocenters. The molecule has 0 unspecified atom stereocenters. The van der Waals surface area contributed by atoms with Crippen LogP contribution in [0.1, 0.15) is 16.1 Å². The van der Waals surface area contributed by atoms with Crippen molar-refractivity contribution in [3.8, 4) is 11.5 Å². The molecule has 8 heteroatoms. The van der Waals surface area contributed by atoms with Crippen molar-refractivity contribution in [1.29, 1.82) is 0 Å². The third-order valence-corrected chi connectivity index (χ3v) is 4.03. The standard InChI is InChI=1S/C22H20N4O4/c1-14-6-8-15(9-7-14)25-21(28)22(29)26-16-4-3-5-17(12-16)30-18-10-11-24-19(13-18)20(27)23-2/h3-13H,1-2H3,(H,23,27)(H,25,28)(H,26,29). The van der Waals surface area contributed by atoms with Gasteiger partial charge in [-0.1, -0.05) is 23.8 Å². The Bertz CT molecular complexity index is 1080. The fourth-order valence-corrected chi connectivity index (χ4v) is 2.51. The van der Waals surface area contributed by atoms with Crippen molar-refractivity contribution in [2.45, 2.75) is 6.92 Å². The summed E-state index contributed by atoms with van der Waals surface area (Å²) in [5.74, 6) is -1.10. The van der Waals surface area contributed by atoms with Crippen LogP contribution in [0.2, 0.25) is 0 Å². The lowest BCUT2D eigenvalue weighted by molar-refractivity contribution is -0.132. The van der Waals surface area contributed by atoms with Crippen LogP contribution in [0.3, 0.4) is 0 Å². The Kier molecular flexibility index (Phi) is 6.39. The number of hydrogen-bond donors (Lipinski definition) is 3. The number of nitrogens with zero attached hydrogens (tertiary/aromatic N) is 1. The van der Waals surface area contributed by atoms with E-state index in [0.29, 0.717) is 22.9 Å². The topological polar surface area (TPSA) is 109 Å². The molecule has 152 valence electrons. The second-order valence-electron chi connectivity index (χ2n) is 6.36. The lowest BCUT2D eigenvalue weighted by Gasteiger charge is -2.10. The molecule has 2 aromatic carbocycles. The minimum atomic E-state index is -0.807. The zero-order chi connectivity index (χ0) is 21.5. The SMILES string of the molecule is CNC(=O)c1cc(Oc2cccc(NC(=O)C(=O)Nc3ccc(C)cc3)c2)ccn1. The smallest absolute Gasteiger partial charge is 0.314 e. The van der Waals surface area contributed by atoms with E-state index in [1.165, 1.54) is 19.3 Å². The fourth-order valence-electron chi connectivity index (χ4n) is 2.51. The van der Waals surface area contributed by atoms with Crippen LogP contribution < -0.4 is 20.7 Å². The van der Waals surface area contributed by atoms with E-state index < -0.39 is 11.8 Å². The Morgan fingerprint density at radius 3 is 2.20 bits per heavy atom. The highest BCUT2D eigenvalue weighted by Crippen LogP contribution is 2.24. The van der Waals surface area contributed by atoms with E-state index in [1.54, 1.807) is 42.5 Å². The summed E-state index contributed by atoms with van der Waals surface area (Å²) in [6.07, 6.45) is 1.46. The second-order valence-corrected chi connectivity index (χ2v) is 6.36. The van der Waals surface area contributed by atoms with Crippen LogP contribution >= 0.6 is 0 Å². The third-order valence-electron chi connectivity index (χ3n) is 4.03. The van der Waals surface area contributed by atoms with Crippen LogP contribution in [-0.2, 0) is 9.59 Å². The number of nitrogens with one attached hydrogen (secondary N) is 3. The number of amides is 3. The Balaban J connectivity index is 1.65. The fraction of sp³-hybridized carbons (Fsp3) is 0.0909. The average Bonchev–Trinajstić information content (AvgIpc) is 2.75. The summed E-state index contributed by atoms with van der Waals surface area (Å²) >= 11 is 0. The van der Waals surface area contributed by atoms with Crippen molar-refractivity contribution in [2.75, 3.05) is 17.7 Å². The van der Waals surface area contributed by atoms with Gasteiger partial charge in [-0.3, -0.25) is 19.4 Å². The van der Waals surface area contributed by atoms with Gasteiger partial charge in [0.05, 0.1) is 0 Å². The Morgan fingerprint density at radius 2 is 1.50 bits per heavy atom. The number of anilines is 2. The van der Waals surface area contributed by atoms with Gasteiger partial charge in [0.15, 0.2) is 0 Å². The molecule has 0 aliphatic rings. The molecule has 0 aliphatic carbocycles. The first-order valence-corrected chi connectivity index (χ1v) is 9.09. The van der Waals surface area contributed by atoms with Gasteiger partial charge >= 0.3 is 11.8 Å². The summed E-state index contributed by atoms with van der Waals surface area (Å²) in [6.45, 7) is 1.93. The Labute approximate surface area is 173 Å². The number of pyridine rings is 1. The van der Waals surface area contributed by atoms with Crippen LogP contribution in [0, 0.1) is 6.92 Å². The van der Waals surface area contributed by atoms with Gasteiger partial charge in [0.25, 0.3) is 5.91 Å². The molecular formula is C22H20N4O4. The highest BCUT2D eigenvalue weighted by molar-refractivity contribution is 6.43. The van der Waals surface area contributed by atoms with Crippen LogP contribution in [0.25, 0.3) is 0 Å². The molecule has 3 aromatic rings. The molecule has 0 aliphatic heterocycles. The Morgan fingerprint density at radius 1 is 0.833 bits per heavy atom. The van der Waals surface area contributed by atoms with E-state index in [4.69, 9.17) is 4.74 Å².